The maximum absolute atomic E-state index is 13.1. The number of nitrogens with one attached hydrogen (secondary N) is 1. The zero-order valence-corrected chi connectivity index (χ0v) is 11.7. The Hall–Kier alpha value is -2.40. The third kappa shape index (κ3) is 4.29. The van der Waals surface area contributed by atoms with Crippen LogP contribution in [0.2, 0.25) is 0 Å². The molecule has 0 unspecified atom stereocenters. The fourth-order valence-corrected chi connectivity index (χ4v) is 1.83. The van der Waals surface area contributed by atoms with E-state index < -0.39 is 0 Å². The van der Waals surface area contributed by atoms with Crippen LogP contribution in [0.5, 0.6) is 5.75 Å². The first-order valence-electron chi connectivity index (χ1n) is 6.56. The molecule has 21 heavy (non-hydrogen) atoms. The highest BCUT2D eigenvalue weighted by atomic mass is 19.1. The van der Waals surface area contributed by atoms with E-state index >= 15 is 0 Å². The number of benzene rings is 2. The summed E-state index contributed by atoms with van der Waals surface area (Å²) in [7, 11) is 0. The Morgan fingerprint density at radius 3 is 2.62 bits per heavy atom. The molecule has 0 spiro atoms. The summed E-state index contributed by atoms with van der Waals surface area (Å²) in [6.45, 7) is 1.96. The number of nitrogens with two attached hydrogens (primary N) is 1. The lowest BCUT2D eigenvalue weighted by molar-refractivity contribution is -0.118. The molecule has 0 radical (unpaired) electrons. The first kappa shape index (κ1) is 15.0. The van der Waals surface area contributed by atoms with Gasteiger partial charge in [0.05, 0.1) is 0 Å². The quantitative estimate of drug-likeness (QED) is 0.889. The molecular formula is C16H17FN2O2. The van der Waals surface area contributed by atoms with E-state index in [0.29, 0.717) is 17.0 Å². The molecule has 110 valence electrons. The molecule has 0 aliphatic carbocycles. The monoisotopic (exact) mass is 288 g/mol. The number of ether oxygens (including phenoxy) is 1. The second-order valence-electron chi connectivity index (χ2n) is 4.66. The summed E-state index contributed by atoms with van der Waals surface area (Å²) in [6.07, 6.45) is 0. The van der Waals surface area contributed by atoms with Crippen molar-refractivity contribution in [3.63, 3.8) is 0 Å². The van der Waals surface area contributed by atoms with E-state index in [2.05, 4.69) is 5.32 Å². The maximum Gasteiger partial charge on any atom is 0.262 e. The number of carbonyl (C=O) groups is 1. The van der Waals surface area contributed by atoms with Gasteiger partial charge in [0.1, 0.15) is 11.6 Å². The van der Waals surface area contributed by atoms with Crippen molar-refractivity contribution in [2.45, 2.75) is 13.5 Å². The molecule has 0 fully saturated rings. The van der Waals surface area contributed by atoms with E-state index in [1.54, 1.807) is 0 Å². The molecule has 2 aromatic rings. The van der Waals surface area contributed by atoms with E-state index in [4.69, 9.17) is 10.5 Å². The van der Waals surface area contributed by atoms with Crippen LogP contribution in [0.4, 0.5) is 10.1 Å². The molecule has 5 heteroatoms. The summed E-state index contributed by atoms with van der Waals surface area (Å²) in [6, 6.07) is 11.5. The first-order valence-corrected chi connectivity index (χ1v) is 6.56. The average molecular weight is 288 g/mol. The van der Waals surface area contributed by atoms with E-state index in [-0.39, 0.29) is 24.9 Å². The van der Waals surface area contributed by atoms with Crippen LogP contribution >= 0.6 is 0 Å². The summed E-state index contributed by atoms with van der Waals surface area (Å²) < 4.78 is 18.4. The van der Waals surface area contributed by atoms with Crippen molar-refractivity contribution in [1.29, 1.82) is 0 Å². The Morgan fingerprint density at radius 2 is 1.95 bits per heavy atom. The zero-order valence-electron chi connectivity index (χ0n) is 11.7. The molecule has 0 bridgehead atoms. The number of hydrogen-bond acceptors (Lipinski definition) is 3. The van der Waals surface area contributed by atoms with Gasteiger partial charge in [-0.15, -0.1) is 0 Å². The van der Waals surface area contributed by atoms with Gasteiger partial charge in [0.2, 0.25) is 0 Å². The number of rotatable bonds is 5. The molecule has 0 atom stereocenters. The van der Waals surface area contributed by atoms with Gasteiger partial charge in [0.15, 0.2) is 6.61 Å². The number of carbonyl (C=O) groups excluding carboxylic acids is 1. The van der Waals surface area contributed by atoms with Gasteiger partial charge in [0, 0.05) is 17.8 Å². The van der Waals surface area contributed by atoms with Crippen molar-refractivity contribution in [3.8, 4) is 5.75 Å². The summed E-state index contributed by atoms with van der Waals surface area (Å²) in [5.74, 6) is -0.254. The summed E-state index contributed by atoms with van der Waals surface area (Å²) in [4.78, 5) is 11.8. The Kier molecular flexibility index (Phi) is 4.90. The van der Waals surface area contributed by atoms with Crippen LogP contribution in [0, 0.1) is 12.7 Å². The molecule has 0 saturated carbocycles. The zero-order chi connectivity index (χ0) is 15.2. The van der Waals surface area contributed by atoms with Crippen LogP contribution < -0.4 is 15.8 Å². The minimum Gasteiger partial charge on any atom is -0.483 e. The SMILES string of the molecule is Cc1ccc(NC(=O)COc2ccc(F)cc2CN)cc1. The van der Waals surface area contributed by atoms with E-state index in [1.807, 2.05) is 31.2 Å². The molecule has 0 saturated heterocycles. The predicted molar refractivity (Wildman–Crippen MR) is 79.6 cm³/mol. The summed E-state index contributed by atoms with van der Waals surface area (Å²) in [5.41, 5.74) is 7.86. The van der Waals surface area contributed by atoms with E-state index in [1.165, 1.54) is 18.2 Å². The minimum absolute atomic E-state index is 0.146. The Bertz CT molecular complexity index is 627. The average Bonchev–Trinajstić information content (AvgIpc) is 2.48. The fraction of sp³-hybridized carbons (Fsp3) is 0.188. The van der Waals surface area contributed by atoms with Gasteiger partial charge in [-0.25, -0.2) is 4.39 Å². The van der Waals surface area contributed by atoms with Gasteiger partial charge < -0.3 is 15.8 Å². The van der Waals surface area contributed by atoms with Gasteiger partial charge in [0.25, 0.3) is 5.91 Å². The molecule has 1 amide bonds. The lowest BCUT2D eigenvalue weighted by atomic mass is 10.2. The number of aryl methyl sites for hydroxylation is 1. The fourth-order valence-electron chi connectivity index (χ4n) is 1.83. The van der Waals surface area contributed by atoms with Gasteiger partial charge in [-0.3, -0.25) is 4.79 Å². The van der Waals surface area contributed by atoms with Crippen molar-refractivity contribution in [2.24, 2.45) is 5.73 Å². The van der Waals surface area contributed by atoms with E-state index in [9.17, 15) is 9.18 Å². The lowest BCUT2D eigenvalue weighted by Gasteiger charge is -2.11. The van der Waals surface area contributed by atoms with Crippen molar-refractivity contribution in [2.75, 3.05) is 11.9 Å². The molecule has 0 aliphatic heterocycles. The number of halogens is 1. The van der Waals surface area contributed by atoms with Gasteiger partial charge in [-0.1, -0.05) is 17.7 Å². The van der Waals surface area contributed by atoms with Crippen LogP contribution in [0.25, 0.3) is 0 Å². The third-order valence-corrected chi connectivity index (χ3v) is 2.94. The van der Waals surface area contributed by atoms with Crippen LogP contribution in [-0.2, 0) is 11.3 Å². The van der Waals surface area contributed by atoms with Crippen LogP contribution in [0.15, 0.2) is 42.5 Å². The van der Waals surface area contributed by atoms with Crippen LogP contribution in [-0.4, -0.2) is 12.5 Å². The third-order valence-electron chi connectivity index (χ3n) is 2.94. The van der Waals surface area contributed by atoms with Crippen molar-refractivity contribution in [3.05, 3.63) is 59.4 Å². The standard InChI is InChI=1S/C16H17FN2O2/c1-11-2-5-14(6-3-11)19-16(20)10-21-15-7-4-13(17)8-12(15)9-18/h2-8H,9-10,18H2,1H3,(H,19,20). The topological polar surface area (TPSA) is 64.3 Å². The van der Waals surface area contributed by atoms with Crippen LogP contribution in [0.1, 0.15) is 11.1 Å². The highest BCUT2D eigenvalue weighted by Gasteiger charge is 2.07. The molecule has 4 nitrogen and oxygen atoms in total. The van der Waals surface area contributed by atoms with E-state index in [0.717, 1.165) is 5.56 Å². The molecule has 0 aromatic heterocycles. The normalized spacial score (nSPS) is 10.2. The molecule has 0 heterocycles. The summed E-state index contributed by atoms with van der Waals surface area (Å²) >= 11 is 0. The van der Waals surface area contributed by atoms with Gasteiger partial charge in [-0.05, 0) is 37.3 Å². The largest absolute Gasteiger partial charge is 0.483 e. The Morgan fingerprint density at radius 1 is 1.24 bits per heavy atom. The predicted octanol–water partition coefficient (Wildman–Crippen LogP) is 2.61. The molecule has 2 aromatic carbocycles. The number of amides is 1. The number of anilines is 1. The van der Waals surface area contributed by atoms with Crippen molar-refractivity contribution >= 4 is 11.6 Å². The second-order valence-corrected chi connectivity index (χ2v) is 4.66. The molecule has 2 rings (SSSR count). The van der Waals surface area contributed by atoms with Gasteiger partial charge >= 0.3 is 0 Å². The Labute approximate surface area is 122 Å². The molecule has 3 N–H and O–H groups in total. The molecule has 0 aliphatic rings. The lowest BCUT2D eigenvalue weighted by Crippen LogP contribution is -2.20. The maximum atomic E-state index is 13.1. The van der Waals surface area contributed by atoms with Crippen molar-refractivity contribution in [1.82, 2.24) is 0 Å². The van der Waals surface area contributed by atoms with Gasteiger partial charge in [-0.2, -0.15) is 0 Å². The highest BCUT2D eigenvalue weighted by molar-refractivity contribution is 5.91. The number of hydrogen-bond donors (Lipinski definition) is 2. The smallest absolute Gasteiger partial charge is 0.262 e. The minimum atomic E-state index is -0.382. The van der Waals surface area contributed by atoms with Crippen LogP contribution in [0.3, 0.4) is 0 Å². The Balaban J connectivity index is 1.93. The molecular weight excluding hydrogens is 271 g/mol. The highest BCUT2D eigenvalue weighted by Crippen LogP contribution is 2.19. The second kappa shape index (κ2) is 6.85. The first-order chi connectivity index (χ1) is 10.1. The van der Waals surface area contributed by atoms with Crippen molar-refractivity contribution < 1.29 is 13.9 Å². The summed E-state index contributed by atoms with van der Waals surface area (Å²) in [5, 5.41) is 2.72.